The van der Waals surface area contributed by atoms with Gasteiger partial charge in [0.25, 0.3) is 0 Å². The number of hydrogen-bond acceptors (Lipinski definition) is 3. The van der Waals surface area contributed by atoms with Gasteiger partial charge in [0, 0.05) is 11.5 Å². The van der Waals surface area contributed by atoms with Gasteiger partial charge in [-0.1, -0.05) is 24.3 Å². The molecule has 0 atom stereocenters. The predicted molar refractivity (Wildman–Crippen MR) is 79.2 cm³/mol. The Bertz CT molecular complexity index is 833. The molecule has 3 aromatic rings. The molecule has 0 aliphatic rings. The van der Waals surface area contributed by atoms with Gasteiger partial charge in [0.15, 0.2) is 0 Å². The van der Waals surface area contributed by atoms with E-state index >= 15 is 0 Å². The van der Waals surface area contributed by atoms with Crippen LogP contribution >= 0.6 is 0 Å². The van der Waals surface area contributed by atoms with Gasteiger partial charge in [-0.25, -0.2) is 9.37 Å². The van der Waals surface area contributed by atoms with E-state index < -0.39 is 5.82 Å². The molecule has 1 aromatic heterocycles. The van der Waals surface area contributed by atoms with Crippen molar-refractivity contribution in [1.82, 2.24) is 4.98 Å². The first-order chi connectivity index (χ1) is 10.1. The first-order valence-electron chi connectivity index (χ1n) is 6.31. The van der Waals surface area contributed by atoms with Crippen LogP contribution in [0, 0.1) is 11.2 Å². The van der Waals surface area contributed by atoms with Crippen LogP contribution in [0.1, 0.15) is 5.56 Å². The molecule has 0 amide bonds. The van der Waals surface area contributed by atoms with Crippen LogP contribution in [-0.2, 0) is 0 Å². The van der Waals surface area contributed by atoms with Gasteiger partial charge >= 0.3 is 0 Å². The van der Waals surface area contributed by atoms with E-state index in [0.717, 1.165) is 5.39 Å². The zero-order chi connectivity index (χ0) is 14.8. The summed E-state index contributed by atoms with van der Waals surface area (Å²) in [6, 6.07) is 14.9. The number of nitrogen functional groups attached to an aromatic ring is 1. The number of nitrogens with zero attached hydrogens (tertiary/aromatic N) is 1. The minimum absolute atomic E-state index is 0.153. The number of halogens is 1. The molecule has 0 unspecified atom stereocenters. The minimum atomic E-state index is -0.405. The molecule has 0 aliphatic carbocycles. The number of para-hydroxylation sites is 1. The highest BCUT2D eigenvalue weighted by molar-refractivity contribution is 6.00. The fourth-order valence-electron chi connectivity index (χ4n) is 2.01. The lowest BCUT2D eigenvalue weighted by Crippen LogP contribution is -2.13. The lowest BCUT2D eigenvalue weighted by Gasteiger charge is -2.10. The lowest BCUT2D eigenvalue weighted by atomic mass is 10.1. The van der Waals surface area contributed by atoms with Crippen LogP contribution in [0.5, 0.6) is 11.6 Å². The van der Waals surface area contributed by atoms with Crippen molar-refractivity contribution in [3.8, 4) is 11.6 Å². The first-order valence-corrected chi connectivity index (χ1v) is 6.31. The quantitative estimate of drug-likeness (QED) is 0.570. The van der Waals surface area contributed by atoms with Crippen LogP contribution in [-0.4, -0.2) is 10.8 Å². The second-order valence-electron chi connectivity index (χ2n) is 4.51. The Hall–Kier alpha value is -2.95. The summed E-state index contributed by atoms with van der Waals surface area (Å²) in [5.74, 6) is -0.0654. The van der Waals surface area contributed by atoms with Crippen LogP contribution in [0.4, 0.5) is 4.39 Å². The Morgan fingerprint density at radius 3 is 2.67 bits per heavy atom. The van der Waals surface area contributed by atoms with E-state index in [-0.39, 0.29) is 11.7 Å². The van der Waals surface area contributed by atoms with Gasteiger partial charge in [-0.05, 0) is 24.3 Å². The number of hydrogen-bond donors (Lipinski definition) is 2. The van der Waals surface area contributed by atoms with Crippen molar-refractivity contribution in [1.29, 1.82) is 5.41 Å². The predicted octanol–water partition coefficient (Wildman–Crippen LogP) is 3.45. The van der Waals surface area contributed by atoms with Crippen LogP contribution in [0.15, 0.2) is 54.6 Å². The van der Waals surface area contributed by atoms with E-state index in [1.165, 1.54) is 12.1 Å². The average Bonchev–Trinajstić information content (AvgIpc) is 2.46. The van der Waals surface area contributed by atoms with Crippen LogP contribution < -0.4 is 10.5 Å². The Labute approximate surface area is 120 Å². The molecule has 0 saturated heterocycles. The molecule has 4 nitrogen and oxygen atoms in total. The third-order valence-corrected chi connectivity index (χ3v) is 2.99. The molecule has 2 aromatic carbocycles. The molecule has 5 heteroatoms. The first kappa shape index (κ1) is 13.1. The Balaban J connectivity index is 2.11. The number of fused-ring (bicyclic) bond motifs is 1. The number of nitrogens with two attached hydrogens (primary N) is 1. The summed E-state index contributed by atoms with van der Waals surface area (Å²) in [5.41, 5.74) is 6.67. The lowest BCUT2D eigenvalue weighted by molar-refractivity contribution is 0.459. The standard InChI is InChI=1S/C16H12FN3O/c17-11-5-3-6-12(9-11)21-16-13(15(18)19)8-10-4-1-2-7-14(10)20-16/h1-9H,(H3,18,19). The highest BCUT2D eigenvalue weighted by atomic mass is 19.1. The SMILES string of the molecule is N=C(N)c1cc2ccccc2nc1Oc1cccc(F)c1. The summed E-state index contributed by atoms with van der Waals surface area (Å²) in [4.78, 5) is 4.36. The fourth-order valence-corrected chi connectivity index (χ4v) is 2.01. The highest BCUT2D eigenvalue weighted by Gasteiger charge is 2.12. The Morgan fingerprint density at radius 2 is 1.90 bits per heavy atom. The molecule has 0 radical (unpaired) electrons. The molecular formula is C16H12FN3O. The van der Waals surface area contributed by atoms with E-state index in [4.69, 9.17) is 15.9 Å². The number of aromatic nitrogens is 1. The fraction of sp³-hybridized carbons (Fsp3) is 0. The van der Waals surface area contributed by atoms with E-state index in [2.05, 4.69) is 4.98 Å². The van der Waals surface area contributed by atoms with Gasteiger partial charge in [0.1, 0.15) is 17.4 Å². The molecule has 0 saturated carbocycles. The highest BCUT2D eigenvalue weighted by Crippen LogP contribution is 2.27. The van der Waals surface area contributed by atoms with Crippen molar-refractivity contribution in [2.75, 3.05) is 0 Å². The molecule has 1 heterocycles. The van der Waals surface area contributed by atoms with E-state index in [9.17, 15) is 4.39 Å². The van der Waals surface area contributed by atoms with Crippen molar-refractivity contribution in [3.63, 3.8) is 0 Å². The number of benzene rings is 2. The van der Waals surface area contributed by atoms with Crippen molar-refractivity contribution >= 4 is 16.7 Å². The van der Waals surface area contributed by atoms with Crippen molar-refractivity contribution in [2.24, 2.45) is 5.73 Å². The van der Waals surface area contributed by atoms with E-state index in [0.29, 0.717) is 16.8 Å². The Kier molecular flexibility index (Phi) is 3.23. The second-order valence-corrected chi connectivity index (χ2v) is 4.51. The smallest absolute Gasteiger partial charge is 0.230 e. The summed E-state index contributed by atoms with van der Waals surface area (Å²) in [5, 5.41) is 8.50. The van der Waals surface area contributed by atoms with Gasteiger partial charge in [0.05, 0.1) is 11.1 Å². The second kappa shape index (κ2) is 5.20. The van der Waals surface area contributed by atoms with Crippen LogP contribution in [0.25, 0.3) is 10.9 Å². The van der Waals surface area contributed by atoms with Crippen LogP contribution in [0.2, 0.25) is 0 Å². The third-order valence-electron chi connectivity index (χ3n) is 2.99. The van der Waals surface area contributed by atoms with Crippen LogP contribution in [0.3, 0.4) is 0 Å². The molecule has 3 N–H and O–H groups in total. The molecule has 0 spiro atoms. The number of rotatable bonds is 3. The normalized spacial score (nSPS) is 10.5. The Morgan fingerprint density at radius 1 is 1.10 bits per heavy atom. The van der Waals surface area contributed by atoms with Gasteiger partial charge < -0.3 is 10.5 Å². The average molecular weight is 281 g/mol. The van der Waals surface area contributed by atoms with Gasteiger partial charge in [-0.2, -0.15) is 0 Å². The van der Waals surface area contributed by atoms with Gasteiger partial charge in [-0.15, -0.1) is 0 Å². The summed E-state index contributed by atoms with van der Waals surface area (Å²) in [6.07, 6.45) is 0. The number of pyridine rings is 1. The molecule has 0 aliphatic heterocycles. The molecule has 21 heavy (non-hydrogen) atoms. The van der Waals surface area contributed by atoms with Crippen molar-refractivity contribution in [2.45, 2.75) is 0 Å². The topological polar surface area (TPSA) is 72.0 Å². The largest absolute Gasteiger partial charge is 0.438 e. The maximum Gasteiger partial charge on any atom is 0.230 e. The molecule has 0 fully saturated rings. The molecule has 3 rings (SSSR count). The van der Waals surface area contributed by atoms with Gasteiger partial charge in [0.2, 0.25) is 5.88 Å². The number of amidine groups is 1. The van der Waals surface area contributed by atoms with Crippen molar-refractivity contribution < 1.29 is 9.13 Å². The maximum absolute atomic E-state index is 13.2. The number of ether oxygens (including phenoxy) is 1. The minimum Gasteiger partial charge on any atom is -0.438 e. The monoisotopic (exact) mass is 281 g/mol. The summed E-state index contributed by atoms with van der Waals surface area (Å²) in [6.45, 7) is 0. The third kappa shape index (κ3) is 2.67. The molecular weight excluding hydrogens is 269 g/mol. The van der Waals surface area contributed by atoms with Gasteiger partial charge in [-0.3, -0.25) is 5.41 Å². The maximum atomic E-state index is 13.2. The summed E-state index contributed by atoms with van der Waals surface area (Å²) >= 11 is 0. The number of nitrogens with one attached hydrogen (secondary N) is 1. The van der Waals surface area contributed by atoms with E-state index in [1.54, 1.807) is 18.2 Å². The molecule has 104 valence electrons. The van der Waals surface area contributed by atoms with Crippen molar-refractivity contribution in [3.05, 3.63) is 66.0 Å². The van der Waals surface area contributed by atoms with E-state index in [1.807, 2.05) is 24.3 Å². The molecule has 0 bridgehead atoms. The summed E-state index contributed by atoms with van der Waals surface area (Å²) in [7, 11) is 0. The zero-order valence-electron chi connectivity index (χ0n) is 11.0. The zero-order valence-corrected chi connectivity index (χ0v) is 11.0. The summed E-state index contributed by atoms with van der Waals surface area (Å²) < 4.78 is 18.8.